The van der Waals surface area contributed by atoms with Crippen molar-refractivity contribution in [1.82, 2.24) is 0 Å². The van der Waals surface area contributed by atoms with Crippen LogP contribution < -0.4 is 14.2 Å². The van der Waals surface area contributed by atoms with Gasteiger partial charge in [-0.2, -0.15) is 30.7 Å². The summed E-state index contributed by atoms with van der Waals surface area (Å²) in [6, 6.07) is 10.4. The Morgan fingerprint density at radius 2 is 1.19 bits per heavy atom. The second-order valence-electron chi connectivity index (χ2n) is 8.07. The number of hydrogen-bond acceptors (Lipinski definition) is 4. The van der Waals surface area contributed by atoms with Crippen LogP contribution in [0.5, 0.6) is 17.2 Å². The van der Waals surface area contributed by atoms with Gasteiger partial charge in [0.1, 0.15) is 17.2 Å². The van der Waals surface area contributed by atoms with Gasteiger partial charge in [0, 0.05) is 0 Å². The summed E-state index contributed by atoms with van der Waals surface area (Å²) >= 11 is 0. The molecule has 0 radical (unpaired) electrons. The molecule has 36 heavy (non-hydrogen) atoms. The average Bonchev–Trinajstić information content (AvgIpc) is 2.82. The molecule has 0 aromatic heterocycles. The lowest BCUT2D eigenvalue weighted by Gasteiger charge is -2.27. The molecule has 4 nitrogen and oxygen atoms in total. The molecule has 0 fully saturated rings. The van der Waals surface area contributed by atoms with Crippen molar-refractivity contribution in [2.45, 2.75) is 63.5 Å². The zero-order chi connectivity index (χ0) is 26.8. The van der Waals surface area contributed by atoms with Crippen LogP contribution in [0.4, 0.5) is 30.7 Å². The predicted octanol–water partition coefficient (Wildman–Crippen LogP) is 7.86. The molecule has 11 heteroatoms. The summed E-state index contributed by atoms with van der Waals surface area (Å²) in [5.41, 5.74) is 0.205. The van der Waals surface area contributed by atoms with Crippen LogP contribution in [0.2, 0.25) is 0 Å². The molecule has 0 unspecified atom stereocenters. The summed E-state index contributed by atoms with van der Waals surface area (Å²) in [7, 11) is 0. The summed E-state index contributed by atoms with van der Waals surface area (Å²) in [6.07, 6.45) is 0.352. The maximum absolute atomic E-state index is 13.3. The monoisotopic (exact) mass is 524 g/mol. The molecule has 0 aliphatic carbocycles. The van der Waals surface area contributed by atoms with Gasteiger partial charge in [0.05, 0.1) is 12.2 Å². The van der Waals surface area contributed by atoms with Crippen molar-refractivity contribution in [3.05, 3.63) is 54.1 Å². The molecule has 2 rings (SSSR count). The summed E-state index contributed by atoms with van der Waals surface area (Å²) in [5, 5.41) is 0. The van der Waals surface area contributed by atoms with Crippen molar-refractivity contribution in [3.63, 3.8) is 0 Å². The van der Waals surface area contributed by atoms with Gasteiger partial charge >= 0.3 is 24.0 Å². The molecule has 0 aliphatic rings. The number of ether oxygens (including phenoxy) is 3. The number of unbranched alkanes of at least 4 members (excludes halogenated alkanes) is 5. The Kier molecular flexibility index (Phi) is 10.4. The fourth-order valence-electron chi connectivity index (χ4n) is 3.00. The van der Waals surface area contributed by atoms with Crippen LogP contribution in [0.25, 0.3) is 0 Å². The molecule has 0 saturated heterocycles. The van der Waals surface area contributed by atoms with E-state index >= 15 is 0 Å². The lowest BCUT2D eigenvalue weighted by Crippen LogP contribution is -2.54. The van der Waals surface area contributed by atoms with E-state index in [0.29, 0.717) is 12.4 Å². The quantitative estimate of drug-likeness (QED) is 0.109. The molecule has 0 amide bonds. The summed E-state index contributed by atoms with van der Waals surface area (Å²) < 4.78 is 104. The first-order valence-electron chi connectivity index (χ1n) is 11.4. The standard InChI is InChI=1S/C25H27F7O4/c1-2-3-4-5-6-7-16-34-19-10-8-18(9-11-19)22(33)36-21-14-12-20(13-15-21)35-17-23(26,27)24(28,29)25(30,31)32/h8-15H,2-7,16-17H2,1H3. The highest BCUT2D eigenvalue weighted by Gasteiger charge is 2.73. The third kappa shape index (κ3) is 8.30. The van der Waals surface area contributed by atoms with Crippen LogP contribution in [-0.2, 0) is 0 Å². The van der Waals surface area contributed by atoms with Gasteiger partial charge in [0.15, 0.2) is 6.61 Å². The lowest BCUT2D eigenvalue weighted by molar-refractivity contribution is -0.358. The molecule has 0 spiro atoms. The summed E-state index contributed by atoms with van der Waals surface area (Å²) in [5.74, 6) is -12.3. The highest BCUT2D eigenvalue weighted by molar-refractivity contribution is 5.91. The molecule has 0 bridgehead atoms. The van der Waals surface area contributed by atoms with E-state index in [1.807, 2.05) is 0 Å². The Bertz CT molecular complexity index is 942. The van der Waals surface area contributed by atoms with Gasteiger partial charge in [0.2, 0.25) is 0 Å². The largest absolute Gasteiger partial charge is 0.494 e. The third-order valence-corrected chi connectivity index (χ3v) is 5.13. The number of carbonyl (C=O) groups is 1. The minimum atomic E-state index is -6.43. The van der Waals surface area contributed by atoms with Crippen molar-refractivity contribution in [2.24, 2.45) is 0 Å². The first-order valence-corrected chi connectivity index (χ1v) is 11.4. The third-order valence-electron chi connectivity index (χ3n) is 5.13. The first-order chi connectivity index (χ1) is 16.9. The maximum atomic E-state index is 13.3. The van der Waals surface area contributed by atoms with Crippen LogP contribution >= 0.6 is 0 Å². The van der Waals surface area contributed by atoms with E-state index in [9.17, 15) is 35.5 Å². The van der Waals surface area contributed by atoms with Crippen LogP contribution in [0.3, 0.4) is 0 Å². The number of rotatable bonds is 14. The van der Waals surface area contributed by atoms with Crippen LogP contribution in [0.15, 0.2) is 48.5 Å². The van der Waals surface area contributed by atoms with Crippen LogP contribution in [-0.4, -0.2) is 37.2 Å². The van der Waals surface area contributed by atoms with Crippen LogP contribution in [0.1, 0.15) is 55.8 Å². The molecular weight excluding hydrogens is 497 g/mol. The number of hydrogen-bond donors (Lipinski definition) is 0. The normalized spacial score (nSPS) is 12.3. The number of halogens is 7. The van der Waals surface area contributed by atoms with Gasteiger partial charge in [-0.15, -0.1) is 0 Å². The summed E-state index contributed by atoms with van der Waals surface area (Å²) in [6.45, 7) is 0.512. The Morgan fingerprint density at radius 1 is 0.694 bits per heavy atom. The van der Waals surface area contributed by atoms with E-state index in [0.717, 1.165) is 43.5 Å². The second-order valence-corrected chi connectivity index (χ2v) is 8.07. The van der Waals surface area contributed by atoms with E-state index < -0.39 is 36.3 Å². The Balaban J connectivity index is 1.82. The molecule has 0 N–H and O–H groups in total. The van der Waals surface area contributed by atoms with Crippen molar-refractivity contribution >= 4 is 5.97 Å². The highest BCUT2D eigenvalue weighted by Crippen LogP contribution is 2.46. The minimum absolute atomic E-state index is 0.0249. The zero-order valence-corrected chi connectivity index (χ0v) is 19.6. The zero-order valence-electron chi connectivity index (χ0n) is 19.6. The van der Waals surface area contributed by atoms with Gasteiger partial charge < -0.3 is 14.2 Å². The molecule has 200 valence electrons. The first kappa shape index (κ1) is 29.3. The molecule has 0 atom stereocenters. The minimum Gasteiger partial charge on any atom is -0.494 e. The van der Waals surface area contributed by atoms with E-state index in [1.165, 1.54) is 31.4 Å². The molecule has 0 aliphatic heterocycles. The van der Waals surface area contributed by atoms with Crippen molar-refractivity contribution in [3.8, 4) is 17.2 Å². The maximum Gasteiger partial charge on any atom is 0.460 e. The Labute approximate surface area is 204 Å². The van der Waals surface area contributed by atoms with Gasteiger partial charge in [-0.25, -0.2) is 4.79 Å². The summed E-state index contributed by atoms with van der Waals surface area (Å²) in [4.78, 5) is 12.3. The second kappa shape index (κ2) is 12.8. The van der Waals surface area contributed by atoms with Crippen molar-refractivity contribution < 1.29 is 49.7 Å². The van der Waals surface area contributed by atoms with Crippen LogP contribution in [0, 0.1) is 0 Å². The van der Waals surface area contributed by atoms with E-state index in [2.05, 4.69) is 11.7 Å². The van der Waals surface area contributed by atoms with Gasteiger partial charge in [-0.3, -0.25) is 0 Å². The highest BCUT2D eigenvalue weighted by atomic mass is 19.4. The van der Waals surface area contributed by atoms with Gasteiger partial charge in [-0.05, 0) is 55.0 Å². The Morgan fingerprint density at radius 3 is 1.78 bits per heavy atom. The SMILES string of the molecule is CCCCCCCCOc1ccc(C(=O)Oc2ccc(OCC(F)(F)C(F)(F)C(F)(F)F)cc2)cc1. The van der Waals surface area contributed by atoms with Gasteiger partial charge in [-0.1, -0.05) is 39.0 Å². The fourth-order valence-corrected chi connectivity index (χ4v) is 3.00. The molecule has 0 saturated carbocycles. The van der Waals surface area contributed by atoms with E-state index in [1.54, 1.807) is 12.1 Å². The van der Waals surface area contributed by atoms with E-state index in [4.69, 9.17) is 9.47 Å². The smallest absolute Gasteiger partial charge is 0.460 e. The number of carbonyl (C=O) groups excluding carboxylic acids is 1. The lowest BCUT2D eigenvalue weighted by atomic mass is 10.1. The molecule has 2 aromatic rings. The van der Waals surface area contributed by atoms with Gasteiger partial charge in [0.25, 0.3) is 0 Å². The van der Waals surface area contributed by atoms with E-state index in [-0.39, 0.29) is 11.3 Å². The topological polar surface area (TPSA) is 44.8 Å². The Hall–Kier alpha value is -2.98. The fraction of sp³-hybridized carbons (Fsp3) is 0.480. The average molecular weight is 524 g/mol. The van der Waals surface area contributed by atoms with Crippen molar-refractivity contribution in [2.75, 3.05) is 13.2 Å². The number of esters is 1. The number of alkyl halides is 7. The predicted molar refractivity (Wildman–Crippen MR) is 118 cm³/mol. The molecule has 2 aromatic carbocycles. The molecule has 0 heterocycles. The van der Waals surface area contributed by atoms with Crippen molar-refractivity contribution in [1.29, 1.82) is 0 Å². The molecular formula is C25H27F7O4. The number of benzene rings is 2.